The molecule has 24 heavy (non-hydrogen) atoms. The monoisotopic (exact) mass is 336 g/mol. The van der Waals surface area contributed by atoms with Crippen molar-refractivity contribution in [3.8, 4) is 5.75 Å². The van der Waals surface area contributed by atoms with Crippen LogP contribution in [0.5, 0.6) is 5.75 Å². The number of epoxide rings is 1. The van der Waals surface area contributed by atoms with Gasteiger partial charge < -0.3 is 24.8 Å². The number of nitrogens with one attached hydrogen (secondary N) is 1. The van der Waals surface area contributed by atoms with Gasteiger partial charge in [0.25, 0.3) is 0 Å². The van der Waals surface area contributed by atoms with Crippen LogP contribution in [0.2, 0.25) is 0 Å². The number of carbonyl (C=O) groups is 2. The van der Waals surface area contributed by atoms with Crippen LogP contribution in [0.1, 0.15) is 18.4 Å². The fourth-order valence-corrected chi connectivity index (χ4v) is 3.42. The molecule has 2 N–H and O–H groups in total. The molecule has 3 aliphatic heterocycles. The number of benzene rings is 1. The van der Waals surface area contributed by atoms with E-state index in [1.54, 1.807) is 6.07 Å². The van der Waals surface area contributed by atoms with E-state index in [9.17, 15) is 14.0 Å². The van der Waals surface area contributed by atoms with E-state index in [1.807, 2.05) is 0 Å². The van der Waals surface area contributed by atoms with Gasteiger partial charge >= 0.3 is 6.09 Å². The summed E-state index contributed by atoms with van der Waals surface area (Å²) in [5, 5.41) is 11.6. The smallest absolute Gasteiger partial charge is 0.407 e. The number of piperidine rings is 1. The number of carboxylic acid groups (broad SMARTS) is 1. The van der Waals surface area contributed by atoms with Crippen LogP contribution in [0.15, 0.2) is 12.1 Å². The number of ether oxygens (including phenoxy) is 2. The number of hydrogen-bond donors (Lipinski definition) is 2. The van der Waals surface area contributed by atoms with Gasteiger partial charge in [-0.25, -0.2) is 9.18 Å². The number of fused-ring (bicyclic) bond motifs is 2. The molecule has 0 unspecified atom stereocenters. The second-order valence-corrected chi connectivity index (χ2v) is 6.39. The van der Waals surface area contributed by atoms with Crippen LogP contribution in [0.3, 0.4) is 0 Å². The summed E-state index contributed by atoms with van der Waals surface area (Å²) in [6.07, 6.45) is 0.203. The Morgan fingerprint density at radius 2 is 2.33 bits per heavy atom. The van der Waals surface area contributed by atoms with E-state index in [4.69, 9.17) is 14.6 Å². The lowest BCUT2D eigenvalue weighted by molar-refractivity contribution is -0.116. The molecule has 2 amide bonds. The van der Waals surface area contributed by atoms with Crippen molar-refractivity contribution in [1.82, 2.24) is 4.90 Å². The molecular weight excluding hydrogens is 319 g/mol. The molecular formula is C16H17FN2O5. The number of amides is 2. The fraction of sp³-hybridized carbons (Fsp3) is 0.500. The summed E-state index contributed by atoms with van der Waals surface area (Å²) in [7, 11) is 0. The molecule has 0 saturated carbocycles. The summed E-state index contributed by atoms with van der Waals surface area (Å²) in [5.74, 6) is -0.140. The number of likely N-dealkylation sites (tertiary alicyclic amines) is 1. The van der Waals surface area contributed by atoms with Crippen molar-refractivity contribution in [1.29, 1.82) is 0 Å². The van der Waals surface area contributed by atoms with Crippen LogP contribution in [0.25, 0.3) is 0 Å². The highest BCUT2D eigenvalue weighted by atomic mass is 19.1. The van der Waals surface area contributed by atoms with E-state index >= 15 is 0 Å². The molecule has 2 fully saturated rings. The van der Waals surface area contributed by atoms with Gasteiger partial charge in [0.05, 0.1) is 12.2 Å². The summed E-state index contributed by atoms with van der Waals surface area (Å²) in [4.78, 5) is 23.8. The van der Waals surface area contributed by atoms with Crippen molar-refractivity contribution >= 4 is 17.7 Å². The first-order valence-corrected chi connectivity index (χ1v) is 7.88. The maximum atomic E-state index is 13.9. The van der Waals surface area contributed by atoms with E-state index in [0.717, 1.165) is 0 Å². The summed E-state index contributed by atoms with van der Waals surface area (Å²) in [6.45, 7) is 1.04. The molecule has 1 aromatic rings. The maximum absolute atomic E-state index is 13.9. The maximum Gasteiger partial charge on any atom is 0.407 e. The van der Waals surface area contributed by atoms with Crippen molar-refractivity contribution in [3.63, 3.8) is 0 Å². The molecule has 2 saturated heterocycles. The largest absolute Gasteiger partial charge is 0.490 e. The minimum atomic E-state index is -0.941. The Hall–Kier alpha value is -2.35. The lowest BCUT2D eigenvalue weighted by Gasteiger charge is -2.27. The van der Waals surface area contributed by atoms with Crippen molar-refractivity contribution in [2.45, 2.75) is 31.0 Å². The molecule has 0 aromatic heterocycles. The number of halogens is 1. The average molecular weight is 336 g/mol. The molecule has 0 aliphatic carbocycles. The second-order valence-electron chi connectivity index (χ2n) is 6.39. The zero-order valence-corrected chi connectivity index (χ0v) is 12.9. The third-order valence-electron chi connectivity index (χ3n) is 4.93. The van der Waals surface area contributed by atoms with Crippen LogP contribution in [0, 0.1) is 5.82 Å². The molecule has 128 valence electrons. The summed E-state index contributed by atoms with van der Waals surface area (Å²) < 4.78 is 25.4. The number of carbonyl (C=O) groups excluding carboxylic acids is 1. The normalized spacial score (nSPS) is 27.8. The Morgan fingerprint density at radius 1 is 1.50 bits per heavy atom. The summed E-state index contributed by atoms with van der Waals surface area (Å²) >= 11 is 0. The molecule has 3 aliphatic rings. The minimum Gasteiger partial charge on any atom is -0.490 e. The Morgan fingerprint density at radius 3 is 3.08 bits per heavy atom. The molecule has 1 aromatic carbocycles. The quantitative estimate of drug-likeness (QED) is 0.818. The highest BCUT2D eigenvalue weighted by Crippen LogP contribution is 2.44. The molecule has 8 heteroatoms. The van der Waals surface area contributed by atoms with Crippen LogP contribution < -0.4 is 10.1 Å². The van der Waals surface area contributed by atoms with Crippen molar-refractivity contribution < 1.29 is 28.6 Å². The van der Waals surface area contributed by atoms with Gasteiger partial charge in [-0.1, -0.05) is 0 Å². The number of nitrogens with zero attached hydrogens (tertiary/aromatic N) is 1. The van der Waals surface area contributed by atoms with E-state index in [-0.39, 0.29) is 24.3 Å². The number of rotatable bonds is 3. The predicted molar refractivity (Wildman–Crippen MR) is 80.7 cm³/mol. The Kier molecular flexibility index (Phi) is 3.38. The topological polar surface area (TPSA) is 91.4 Å². The van der Waals surface area contributed by atoms with Crippen molar-refractivity contribution in [2.24, 2.45) is 0 Å². The zero-order chi connectivity index (χ0) is 16.9. The summed E-state index contributed by atoms with van der Waals surface area (Å²) in [6, 6.07) is 2.84. The molecule has 7 nitrogen and oxygen atoms in total. The van der Waals surface area contributed by atoms with Gasteiger partial charge in [-0.2, -0.15) is 0 Å². The van der Waals surface area contributed by atoms with Gasteiger partial charge in [-0.05, 0) is 18.6 Å². The van der Waals surface area contributed by atoms with E-state index in [0.29, 0.717) is 43.7 Å². The molecule has 3 heterocycles. The molecule has 0 spiro atoms. The molecule has 0 radical (unpaired) electrons. The van der Waals surface area contributed by atoms with Gasteiger partial charge in [-0.3, -0.25) is 4.79 Å². The predicted octanol–water partition coefficient (Wildman–Crippen LogP) is 1.61. The SMILES string of the molecule is O=C1CCc2c(OC[C@@]34CCN(C(=O)O)C[C@@H]3O4)ccc(F)c2N1. The highest BCUT2D eigenvalue weighted by Gasteiger charge is 2.60. The van der Waals surface area contributed by atoms with E-state index < -0.39 is 17.5 Å². The first kappa shape index (κ1) is 15.2. The summed E-state index contributed by atoms with van der Waals surface area (Å²) in [5.41, 5.74) is 0.395. The van der Waals surface area contributed by atoms with Crippen molar-refractivity contribution in [2.75, 3.05) is 25.0 Å². The lowest BCUT2D eigenvalue weighted by atomic mass is 9.97. The molecule has 2 atom stereocenters. The van der Waals surface area contributed by atoms with Gasteiger partial charge in [-0.15, -0.1) is 0 Å². The Balaban J connectivity index is 1.46. The molecule has 0 bridgehead atoms. The minimum absolute atomic E-state index is 0.154. The van der Waals surface area contributed by atoms with Crippen LogP contribution in [0.4, 0.5) is 14.9 Å². The first-order valence-electron chi connectivity index (χ1n) is 7.88. The number of anilines is 1. The Labute approximate surface area is 137 Å². The lowest BCUT2D eigenvalue weighted by Crippen LogP contribution is -2.44. The first-order chi connectivity index (χ1) is 11.5. The Bertz CT molecular complexity index is 725. The third kappa shape index (κ3) is 2.47. The van der Waals surface area contributed by atoms with Crippen LogP contribution in [-0.2, 0) is 16.0 Å². The van der Waals surface area contributed by atoms with Gasteiger partial charge in [0.1, 0.15) is 29.9 Å². The van der Waals surface area contributed by atoms with Gasteiger partial charge in [0.15, 0.2) is 0 Å². The van der Waals surface area contributed by atoms with E-state index in [1.165, 1.54) is 11.0 Å². The van der Waals surface area contributed by atoms with E-state index in [2.05, 4.69) is 5.32 Å². The second kappa shape index (κ2) is 5.34. The average Bonchev–Trinajstić information content (AvgIpc) is 3.28. The number of hydrogen-bond acceptors (Lipinski definition) is 4. The highest BCUT2D eigenvalue weighted by molar-refractivity contribution is 5.94. The van der Waals surface area contributed by atoms with Crippen LogP contribution >= 0.6 is 0 Å². The van der Waals surface area contributed by atoms with Gasteiger partial charge in [0.2, 0.25) is 5.91 Å². The van der Waals surface area contributed by atoms with Crippen molar-refractivity contribution in [3.05, 3.63) is 23.5 Å². The zero-order valence-electron chi connectivity index (χ0n) is 12.9. The standard InChI is InChI=1S/C16H17FN2O5/c17-10-2-3-11(9-1-4-13(20)18-14(9)10)23-8-16-5-6-19(15(21)22)7-12(16)24-16/h2-3,12H,1,4-8H2,(H,18,20)(H,21,22)/t12-,16-/m0/s1. The fourth-order valence-electron chi connectivity index (χ4n) is 3.42. The molecule has 4 rings (SSSR count). The van der Waals surface area contributed by atoms with Gasteiger partial charge in [0, 0.05) is 24.9 Å². The third-order valence-corrected chi connectivity index (χ3v) is 4.93. The van der Waals surface area contributed by atoms with Crippen LogP contribution in [-0.4, -0.2) is 53.4 Å².